The Morgan fingerprint density at radius 3 is 2.63 bits per heavy atom. The van der Waals surface area contributed by atoms with Crippen molar-refractivity contribution in [2.24, 2.45) is 4.99 Å². The van der Waals surface area contributed by atoms with Crippen LogP contribution in [0.1, 0.15) is 11.1 Å². The highest BCUT2D eigenvalue weighted by Crippen LogP contribution is 2.27. The van der Waals surface area contributed by atoms with Crippen molar-refractivity contribution in [3.05, 3.63) is 89.7 Å². The molecule has 0 aliphatic carbocycles. The second kappa shape index (κ2) is 7.36. The Kier molecular flexibility index (Phi) is 4.40. The van der Waals surface area contributed by atoms with Gasteiger partial charge in [0.15, 0.2) is 5.65 Å². The summed E-state index contributed by atoms with van der Waals surface area (Å²) < 4.78 is 14.9. The van der Waals surface area contributed by atoms with E-state index in [9.17, 15) is 4.39 Å². The number of nitrogens with one attached hydrogen (secondary N) is 1. The van der Waals surface area contributed by atoms with E-state index in [0.29, 0.717) is 17.5 Å². The summed E-state index contributed by atoms with van der Waals surface area (Å²) in [6, 6.07) is 21.9. The molecule has 30 heavy (non-hydrogen) atoms. The molecule has 7 heteroatoms. The van der Waals surface area contributed by atoms with Gasteiger partial charge in [0, 0.05) is 17.3 Å². The van der Waals surface area contributed by atoms with Gasteiger partial charge in [-0.15, -0.1) is 10.2 Å². The van der Waals surface area contributed by atoms with E-state index in [2.05, 4.69) is 20.5 Å². The number of aliphatic imine (C=N–C) groups is 1. The SMILES string of the molecule is Cc1cccc(Nc2nc3ccccc3c3nnc(N=Cc4ccc(F)cc4)n23)c1. The monoisotopic (exact) mass is 396 g/mol. The van der Waals surface area contributed by atoms with Crippen LogP contribution in [0.25, 0.3) is 16.6 Å². The summed E-state index contributed by atoms with van der Waals surface area (Å²) in [4.78, 5) is 9.26. The Labute approximate surface area is 171 Å². The lowest BCUT2D eigenvalue weighted by atomic mass is 10.2. The molecule has 0 bridgehead atoms. The zero-order valence-corrected chi connectivity index (χ0v) is 16.1. The van der Waals surface area contributed by atoms with Crippen molar-refractivity contribution in [3.8, 4) is 0 Å². The summed E-state index contributed by atoms with van der Waals surface area (Å²) in [7, 11) is 0. The number of aromatic nitrogens is 4. The molecular weight excluding hydrogens is 379 g/mol. The molecule has 0 aliphatic rings. The molecule has 5 aromatic rings. The maximum atomic E-state index is 13.2. The molecule has 0 atom stereocenters. The Bertz CT molecular complexity index is 1390. The van der Waals surface area contributed by atoms with Gasteiger partial charge in [0.2, 0.25) is 5.95 Å². The summed E-state index contributed by atoms with van der Waals surface area (Å²) in [5.74, 6) is 0.647. The normalized spacial score (nSPS) is 11.5. The third-order valence-electron chi connectivity index (χ3n) is 4.70. The third-order valence-corrected chi connectivity index (χ3v) is 4.70. The molecule has 0 saturated heterocycles. The van der Waals surface area contributed by atoms with Gasteiger partial charge >= 0.3 is 0 Å². The largest absolute Gasteiger partial charge is 0.325 e. The number of nitrogens with zero attached hydrogens (tertiary/aromatic N) is 5. The molecule has 2 heterocycles. The fourth-order valence-corrected chi connectivity index (χ4v) is 3.27. The minimum Gasteiger partial charge on any atom is -0.325 e. The Morgan fingerprint density at radius 2 is 1.80 bits per heavy atom. The molecule has 0 amide bonds. The number of aryl methyl sites for hydroxylation is 1. The van der Waals surface area contributed by atoms with E-state index in [1.807, 2.05) is 55.5 Å². The Balaban J connectivity index is 1.66. The van der Waals surface area contributed by atoms with Crippen molar-refractivity contribution in [1.82, 2.24) is 19.6 Å². The molecule has 146 valence electrons. The highest BCUT2D eigenvalue weighted by Gasteiger charge is 2.14. The number of para-hydroxylation sites is 1. The van der Waals surface area contributed by atoms with Crippen molar-refractivity contribution in [2.75, 3.05) is 5.32 Å². The van der Waals surface area contributed by atoms with Crippen LogP contribution in [-0.4, -0.2) is 25.8 Å². The van der Waals surface area contributed by atoms with Crippen LogP contribution in [0.4, 0.5) is 22.0 Å². The van der Waals surface area contributed by atoms with E-state index in [1.165, 1.54) is 12.1 Å². The molecule has 0 aliphatic heterocycles. The first-order valence-corrected chi connectivity index (χ1v) is 9.44. The van der Waals surface area contributed by atoms with Crippen LogP contribution in [0.3, 0.4) is 0 Å². The van der Waals surface area contributed by atoms with Crippen LogP contribution < -0.4 is 5.32 Å². The van der Waals surface area contributed by atoms with Gasteiger partial charge in [-0.25, -0.2) is 18.8 Å². The maximum absolute atomic E-state index is 13.2. The lowest BCUT2D eigenvalue weighted by molar-refractivity contribution is 0.628. The molecule has 6 nitrogen and oxygen atoms in total. The second-order valence-corrected chi connectivity index (χ2v) is 6.92. The second-order valence-electron chi connectivity index (χ2n) is 6.92. The van der Waals surface area contributed by atoms with Crippen LogP contribution in [0.5, 0.6) is 0 Å². The molecule has 1 N–H and O–H groups in total. The number of hydrogen-bond acceptors (Lipinski definition) is 5. The van der Waals surface area contributed by atoms with E-state index < -0.39 is 0 Å². The van der Waals surface area contributed by atoms with Gasteiger partial charge in [-0.3, -0.25) is 0 Å². The average molecular weight is 396 g/mol. The number of benzene rings is 3. The quantitative estimate of drug-likeness (QED) is 0.423. The topological polar surface area (TPSA) is 67.5 Å². The summed E-state index contributed by atoms with van der Waals surface area (Å²) in [5, 5.41) is 12.8. The van der Waals surface area contributed by atoms with Gasteiger partial charge in [0.1, 0.15) is 5.82 Å². The molecule has 0 radical (unpaired) electrons. The summed E-state index contributed by atoms with van der Waals surface area (Å²) in [6.07, 6.45) is 1.63. The molecule has 2 aromatic heterocycles. The van der Waals surface area contributed by atoms with Gasteiger partial charge in [-0.05, 0) is 54.4 Å². The van der Waals surface area contributed by atoms with Gasteiger partial charge in [-0.1, -0.05) is 36.4 Å². The van der Waals surface area contributed by atoms with Crippen molar-refractivity contribution in [1.29, 1.82) is 0 Å². The van der Waals surface area contributed by atoms with E-state index in [-0.39, 0.29) is 5.82 Å². The average Bonchev–Trinajstić information content (AvgIpc) is 3.18. The zero-order chi connectivity index (χ0) is 20.5. The Morgan fingerprint density at radius 1 is 0.967 bits per heavy atom. The third kappa shape index (κ3) is 3.37. The van der Waals surface area contributed by atoms with Gasteiger partial charge < -0.3 is 5.32 Å². The van der Waals surface area contributed by atoms with E-state index in [1.54, 1.807) is 22.7 Å². The summed E-state index contributed by atoms with van der Waals surface area (Å²) in [6.45, 7) is 2.03. The molecule has 0 unspecified atom stereocenters. The van der Waals surface area contributed by atoms with Gasteiger partial charge in [-0.2, -0.15) is 0 Å². The van der Waals surface area contributed by atoms with E-state index in [4.69, 9.17) is 4.98 Å². The number of fused-ring (bicyclic) bond motifs is 3. The number of anilines is 2. The standard InChI is InChI=1S/C23H17FN6/c1-15-5-4-6-18(13-15)26-23-27-20-8-3-2-7-19(20)21-28-29-22(30(21)23)25-14-16-9-11-17(24)12-10-16/h2-14H,1H3,(H,26,27). The maximum Gasteiger partial charge on any atom is 0.258 e. The summed E-state index contributed by atoms with van der Waals surface area (Å²) in [5.41, 5.74) is 4.26. The number of halogens is 1. The minimum atomic E-state index is -0.291. The fraction of sp³-hybridized carbons (Fsp3) is 0.0435. The predicted molar refractivity (Wildman–Crippen MR) is 116 cm³/mol. The van der Waals surface area contributed by atoms with Crippen LogP contribution in [0.2, 0.25) is 0 Å². The highest BCUT2D eigenvalue weighted by atomic mass is 19.1. The molecule has 0 saturated carbocycles. The first-order valence-electron chi connectivity index (χ1n) is 9.44. The number of hydrogen-bond donors (Lipinski definition) is 1. The fourth-order valence-electron chi connectivity index (χ4n) is 3.27. The van der Waals surface area contributed by atoms with Crippen LogP contribution >= 0.6 is 0 Å². The lowest BCUT2D eigenvalue weighted by Gasteiger charge is -2.10. The van der Waals surface area contributed by atoms with E-state index >= 15 is 0 Å². The molecule has 3 aromatic carbocycles. The first kappa shape index (κ1) is 17.9. The number of rotatable bonds is 4. The minimum absolute atomic E-state index is 0.291. The van der Waals surface area contributed by atoms with Crippen molar-refractivity contribution >= 4 is 40.3 Å². The Hall–Kier alpha value is -4.13. The smallest absolute Gasteiger partial charge is 0.258 e. The lowest BCUT2D eigenvalue weighted by Crippen LogP contribution is -2.02. The van der Waals surface area contributed by atoms with Crippen LogP contribution in [0, 0.1) is 12.7 Å². The van der Waals surface area contributed by atoms with Crippen molar-refractivity contribution in [3.63, 3.8) is 0 Å². The predicted octanol–water partition coefficient (Wildman–Crippen LogP) is 5.22. The van der Waals surface area contributed by atoms with Gasteiger partial charge in [0.05, 0.1) is 5.52 Å². The molecule has 5 rings (SSSR count). The van der Waals surface area contributed by atoms with Crippen molar-refractivity contribution in [2.45, 2.75) is 6.92 Å². The zero-order valence-electron chi connectivity index (χ0n) is 16.1. The van der Waals surface area contributed by atoms with Crippen molar-refractivity contribution < 1.29 is 4.39 Å². The van der Waals surface area contributed by atoms with Gasteiger partial charge in [0.25, 0.3) is 5.95 Å². The van der Waals surface area contributed by atoms with E-state index in [0.717, 1.165) is 27.7 Å². The molecule has 0 spiro atoms. The molecular formula is C23H17FN6. The highest BCUT2D eigenvalue weighted by molar-refractivity contribution is 5.93. The molecule has 0 fully saturated rings. The van der Waals surface area contributed by atoms with Crippen LogP contribution in [-0.2, 0) is 0 Å². The first-order chi connectivity index (χ1) is 14.7. The summed E-state index contributed by atoms with van der Waals surface area (Å²) >= 11 is 0. The van der Waals surface area contributed by atoms with Crippen LogP contribution in [0.15, 0.2) is 77.8 Å².